The summed E-state index contributed by atoms with van der Waals surface area (Å²) >= 11 is 0. The van der Waals surface area contributed by atoms with Crippen LogP contribution in [0.15, 0.2) is 36.4 Å². The van der Waals surface area contributed by atoms with Crippen LogP contribution in [0.2, 0.25) is 0 Å². The van der Waals surface area contributed by atoms with E-state index in [1.807, 2.05) is 44.2 Å². The summed E-state index contributed by atoms with van der Waals surface area (Å²) in [6.07, 6.45) is 0.775. The molecule has 2 heteroatoms. The number of carbonyl (C=O) groups is 1. The average Bonchev–Trinajstić information content (AvgIpc) is 2.38. The quantitative estimate of drug-likeness (QED) is 0.749. The molecule has 0 aromatic heterocycles. The van der Waals surface area contributed by atoms with Gasteiger partial charge in [-0.15, -0.1) is 0 Å². The van der Waals surface area contributed by atoms with Crippen LogP contribution < -0.4 is 0 Å². The monoisotopic (exact) mass is 227 g/mol. The molecule has 0 amide bonds. The van der Waals surface area contributed by atoms with Crippen LogP contribution in [0.1, 0.15) is 30.6 Å². The number of carbonyl (C=O) groups excluding carboxylic acids is 1. The summed E-state index contributed by atoms with van der Waals surface area (Å²) < 4.78 is 5.28. The standard InChI is InChI=1S/C15H15O2/c1-3-11(2)17-15(16)14-9-8-12-6-4-5-7-13(12)10-14/h4-7,9-11H,3H2,1-2H3. The largest absolute Gasteiger partial charge is 0.459 e. The first-order chi connectivity index (χ1) is 8.20. The minimum absolute atomic E-state index is 0.0472. The fourth-order valence-electron chi connectivity index (χ4n) is 1.57. The molecular weight excluding hydrogens is 212 g/mol. The summed E-state index contributed by atoms with van der Waals surface area (Å²) in [4.78, 5) is 11.8. The highest BCUT2D eigenvalue weighted by atomic mass is 16.5. The topological polar surface area (TPSA) is 26.3 Å². The number of esters is 1. The lowest BCUT2D eigenvalue weighted by Crippen LogP contribution is -2.13. The molecule has 0 saturated carbocycles. The molecule has 2 aromatic rings. The van der Waals surface area contributed by atoms with Crippen molar-refractivity contribution in [3.8, 4) is 0 Å². The van der Waals surface area contributed by atoms with Crippen LogP contribution in [0.3, 0.4) is 0 Å². The molecule has 87 valence electrons. The second-order valence-electron chi connectivity index (χ2n) is 4.10. The minimum Gasteiger partial charge on any atom is -0.459 e. The van der Waals surface area contributed by atoms with Crippen LogP contribution >= 0.6 is 0 Å². The van der Waals surface area contributed by atoms with Crippen molar-refractivity contribution < 1.29 is 9.53 Å². The van der Waals surface area contributed by atoms with Crippen molar-refractivity contribution in [3.63, 3.8) is 0 Å². The van der Waals surface area contributed by atoms with E-state index in [0.717, 1.165) is 17.2 Å². The van der Waals surface area contributed by atoms with Gasteiger partial charge < -0.3 is 4.74 Å². The van der Waals surface area contributed by atoms with Crippen LogP contribution in [-0.4, -0.2) is 12.1 Å². The summed E-state index contributed by atoms with van der Waals surface area (Å²) in [7, 11) is 0. The van der Waals surface area contributed by atoms with E-state index in [-0.39, 0.29) is 12.1 Å². The molecule has 0 fully saturated rings. The van der Waals surface area contributed by atoms with Crippen LogP contribution in [0.25, 0.3) is 10.8 Å². The van der Waals surface area contributed by atoms with E-state index in [9.17, 15) is 4.79 Å². The van der Waals surface area contributed by atoms with Gasteiger partial charge in [0.2, 0.25) is 0 Å². The third-order valence-electron chi connectivity index (χ3n) is 2.77. The molecule has 2 rings (SSSR count). The van der Waals surface area contributed by atoms with Crippen molar-refractivity contribution in [1.29, 1.82) is 0 Å². The minimum atomic E-state index is -0.277. The molecular formula is C15H15O2. The highest BCUT2D eigenvalue weighted by Gasteiger charge is 2.10. The maximum Gasteiger partial charge on any atom is 0.338 e. The van der Waals surface area contributed by atoms with Crippen molar-refractivity contribution in [2.45, 2.75) is 26.4 Å². The summed E-state index contributed by atoms with van der Waals surface area (Å²) in [5.41, 5.74) is 0.559. The van der Waals surface area contributed by atoms with Crippen LogP contribution in [0, 0.1) is 6.07 Å². The maximum absolute atomic E-state index is 11.8. The number of benzene rings is 2. The highest BCUT2D eigenvalue weighted by Crippen LogP contribution is 2.16. The fraction of sp³-hybridized carbons (Fsp3) is 0.267. The fourth-order valence-corrected chi connectivity index (χ4v) is 1.57. The normalized spacial score (nSPS) is 12.4. The Bertz CT molecular complexity index is 531. The zero-order valence-electron chi connectivity index (χ0n) is 10.1. The molecule has 0 bridgehead atoms. The first kappa shape index (κ1) is 11.6. The first-order valence-corrected chi connectivity index (χ1v) is 5.82. The van der Waals surface area contributed by atoms with Gasteiger partial charge >= 0.3 is 5.97 Å². The van der Waals surface area contributed by atoms with Gasteiger partial charge in [-0.1, -0.05) is 31.2 Å². The van der Waals surface area contributed by atoms with Gasteiger partial charge in [-0.3, -0.25) is 0 Å². The lowest BCUT2D eigenvalue weighted by atomic mass is 10.1. The van der Waals surface area contributed by atoms with Gasteiger partial charge in [0.25, 0.3) is 0 Å². The smallest absolute Gasteiger partial charge is 0.338 e. The van der Waals surface area contributed by atoms with Crippen molar-refractivity contribution in [2.75, 3.05) is 0 Å². The predicted octanol–water partition coefficient (Wildman–Crippen LogP) is 3.60. The Balaban J connectivity index is 2.27. The van der Waals surface area contributed by atoms with Crippen molar-refractivity contribution in [3.05, 3.63) is 48.0 Å². The Morgan fingerprint density at radius 3 is 2.94 bits per heavy atom. The van der Waals surface area contributed by atoms with E-state index in [0.29, 0.717) is 5.56 Å². The predicted molar refractivity (Wildman–Crippen MR) is 68.0 cm³/mol. The van der Waals surface area contributed by atoms with Crippen LogP contribution in [0.5, 0.6) is 0 Å². The van der Waals surface area contributed by atoms with E-state index in [2.05, 4.69) is 6.07 Å². The molecule has 0 aliphatic carbocycles. The SMILES string of the molecule is CCC(C)OC(=O)c1c[c]c2ccccc2c1. The van der Waals surface area contributed by atoms with Crippen molar-refractivity contribution >= 4 is 16.7 Å². The molecule has 2 aromatic carbocycles. The van der Waals surface area contributed by atoms with E-state index < -0.39 is 0 Å². The van der Waals surface area contributed by atoms with Crippen molar-refractivity contribution in [2.24, 2.45) is 0 Å². The molecule has 1 radical (unpaired) electrons. The second kappa shape index (κ2) is 5.00. The number of hydrogen-bond donors (Lipinski definition) is 0. The number of rotatable bonds is 3. The second-order valence-corrected chi connectivity index (χ2v) is 4.10. The average molecular weight is 227 g/mol. The summed E-state index contributed by atoms with van der Waals surface area (Å²) in [5.74, 6) is -0.277. The molecule has 0 N–H and O–H groups in total. The summed E-state index contributed by atoms with van der Waals surface area (Å²) in [6.45, 7) is 3.88. The lowest BCUT2D eigenvalue weighted by molar-refractivity contribution is 0.0334. The number of ether oxygens (including phenoxy) is 1. The Hall–Kier alpha value is -1.83. The Kier molecular flexibility index (Phi) is 3.43. The van der Waals surface area contributed by atoms with Gasteiger partial charge in [-0.2, -0.15) is 0 Å². The molecule has 0 aliphatic heterocycles. The third kappa shape index (κ3) is 2.64. The zero-order chi connectivity index (χ0) is 12.3. The van der Waals surface area contributed by atoms with Gasteiger partial charge in [-0.05, 0) is 42.3 Å². The molecule has 1 atom stereocenters. The van der Waals surface area contributed by atoms with Gasteiger partial charge in [0, 0.05) is 0 Å². The number of hydrogen-bond acceptors (Lipinski definition) is 2. The van der Waals surface area contributed by atoms with E-state index in [1.54, 1.807) is 6.07 Å². The Morgan fingerprint density at radius 1 is 1.41 bits per heavy atom. The van der Waals surface area contributed by atoms with Crippen molar-refractivity contribution in [1.82, 2.24) is 0 Å². The first-order valence-electron chi connectivity index (χ1n) is 5.82. The van der Waals surface area contributed by atoms with E-state index in [4.69, 9.17) is 4.74 Å². The molecule has 0 aliphatic rings. The highest BCUT2D eigenvalue weighted by molar-refractivity contribution is 5.95. The van der Waals surface area contributed by atoms with Gasteiger partial charge in [0.15, 0.2) is 0 Å². The van der Waals surface area contributed by atoms with Crippen LogP contribution in [0.4, 0.5) is 0 Å². The molecule has 0 saturated heterocycles. The van der Waals surface area contributed by atoms with Crippen LogP contribution in [-0.2, 0) is 4.74 Å². The lowest BCUT2D eigenvalue weighted by Gasteiger charge is -2.10. The summed E-state index contributed by atoms with van der Waals surface area (Å²) in [6, 6.07) is 14.5. The zero-order valence-corrected chi connectivity index (χ0v) is 10.1. The van der Waals surface area contributed by atoms with E-state index in [1.165, 1.54) is 0 Å². The van der Waals surface area contributed by atoms with Gasteiger partial charge in [-0.25, -0.2) is 4.79 Å². The molecule has 2 nitrogen and oxygen atoms in total. The third-order valence-corrected chi connectivity index (χ3v) is 2.77. The van der Waals surface area contributed by atoms with Gasteiger partial charge in [0.1, 0.15) is 0 Å². The molecule has 0 spiro atoms. The Morgan fingerprint density at radius 2 is 2.18 bits per heavy atom. The summed E-state index contributed by atoms with van der Waals surface area (Å²) in [5, 5.41) is 2.01. The van der Waals surface area contributed by atoms with E-state index >= 15 is 0 Å². The van der Waals surface area contributed by atoms with Gasteiger partial charge in [0.05, 0.1) is 11.7 Å². The molecule has 17 heavy (non-hydrogen) atoms. The molecule has 0 heterocycles. The maximum atomic E-state index is 11.8. The molecule has 1 unspecified atom stereocenters. The Labute approximate surface area is 101 Å². The number of fused-ring (bicyclic) bond motifs is 1.